The van der Waals surface area contributed by atoms with Gasteiger partial charge in [-0.3, -0.25) is 4.79 Å². The minimum Gasteiger partial charge on any atom is -0.340 e. The molecule has 3 rings (SSSR count). The standard InChI is InChI=1S/C19H28N2O3S/c1-14-4-6-15(7-5-14)17-12-21(13-18(17)20(2)3)19(22)16-8-10-25(23,24)11-9-16/h4-7,16-18H,8-13H2,1-3H3/t17-,18+/m0/s1. The van der Waals surface area contributed by atoms with E-state index in [-0.39, 0.29) is 23.3 Å². The second-order valence-corrected chi connectivity index (χ2v) is 10.0. The molecule has 0 spiro atoms. The lowest BCUT2D eigenvalue weighted by atomic mass is 9.93. The monoisotopic (exact) mass is 364 g/mol. The third kappa shape index (κ3) is 4.06. The van der Waals surface area contributed by atoms with Crippen LogP contribution in [0.25, 0.3) is 0 Å². The summed E-state index contributed by atoms with van der Waals surface area (Å²) < 4.78 is 23.2. The van der Waals surface area contributed by atoms with E-state index in [1.807, 2.05) is 4.90 Å². The number of likely N-dealkylation sites (tertiary alicyclic amines) is 1. The van der Waals surface area contributed by atoms with Gasteiger partial charge in [-0.2, -0.15) is 0 Å². The molecule has 6 heteroatoms. The van der Waals surface area contributed by atoms with E-state index >= 15 is 0 Å². The van der Waals surface area contributed by atoms with Crippen molar-refractivity contribution in [1.82, 2.24) is 9.80 Å². The number of hydrogen-bond donors (Lipinski definition) is 0. The van der Waals surface area contributed by atoms with Crippen LogP contribution in [0.1, 0.15) is 29.9 Å². The average Bonchev–Trinajstić information content (AvgIpc) is 3.00. The molecule has 1 aromatic carbocycles. The molecule has 2 heterocycles. The fourth-order valence-electron chi connectivity index (χ4n) is 4.03. The summed E-state index contributed by atoms with van der Waals surface area (Å²) in [5.74, 6) is 0.595. The number of rotatable bonds is 3. The molecule has 0 aromatic heterocycles. The molecule has 2 atom stereocenters. The molecule has 0 saturated carbocycles. The summed E-state index contributed by atoms with van der Waals surface area (Å²) in [6, 6.07) is 8.87. The van der Waals surface area contributed by atoms with Gasteiger partial charge in [0.05, 0.1) is 11.5 Å². The van der Waals surface area contributed by atoms with Crippen molar-refractivity contribution < 1.29 is 13.2 Å². The largest absolute Gasteiger partial charge is 0.340 e. The first-order valence-electron chi connectivity index (χ1n) is 8.99. The topological polar surface area (TPSA) is 57.7 Å². The number of carbonyl (C=O) groups is 1. The van der Waals surface area contributed by atoms with Crippen molar-refractivity contribution in [3.8, 4) is 0 Å². The van der Waals surface area contributed by atoms with Gasteiger partial charge in [-0.05, 0) is 39.4 Å². The van der Waals surface area contributed by atoms with Crippen LogP contribution >= 0.6 is 0 Å². The Morgan fingerprint density at radius 1 is 1.08 bits per heavy atom. The normalized spacial score (nSPS) is 27.0. The minimum atomic E-state index is -2.93. The zero-order valence-corrected chi connectivity index (χ0v) is 16.1. The first-order chi connectivity index (χ1) is 11.8. The number of amides is 1. The summed E-state index contributed by atoms with van der Waals surface area (Å²) in [6.45, 7) is 3.51. The third-order valence-electron chi connectivity index (χ3n) is 5.67. The van der Waals surface area contributed by atoms with Crippen LogP contribution in [0.3, 0.4) is 0 Å². The third-order valence-corrected chi connectivity index (χ3v) is 7.39. The number of nitrogens with zero attached hydrogens (tertiary/aromatic N) is 2. The molecule has 0 bridgehead atoms. The lowest BCUT2D eigenvalue weighted by molar-refractivity contribution is -0.134. The average molecular weight is 365 g/mol. The van der Waals surface area contributed by atoms with Crippen LogP contribution in [-0.4, -0.2) is 68.9 Å². The Labute approximate surface area is 150 Å². The van der Waals surface area contributed by atoms with Crippen LogP contribution < -0.4 is 0 Å². The highest BCUT2D eigenvalue weighted by Gasteiger charge is 2.40. The van der Waals surface area contributed by atoms with Crippen LogP contribution in [0.4, 0.5) is 0 Å². The van der Waals surface area contributed by atoms with Gasteiger partial charge in [-0.1, -0.05) is 29.8 Å². The van der Waals surface area contributed by atoms with Crippen LogP contribution in [0, 0.1) is 12.8 Å². The van der Waals surface area contributed by atoms with Gasteiger partial charge in [-0.25, -0.2) is 8.42 Å². The van der Waals surface area contributed by atoms with Gasteiger partial charge in [0.15, 0.2) is 0 Å². The molecule has 2 saturated heterocycles. The van der Waals surface area contributed by atoms with Crippen LogP contribution in [0.15, 0.2) is 24.3 Å². The predicted molar refractivity (Wildman–Crippen MR) is 99.4 cm³/mol. The molecule has 5 nitrogen and oxygen atoms in total. The SMILES string of the molecule is Cc1ccc([C@@H]2CN(C(=O)C3CCS(=O)(=O)CC3)C[C@H]2N(C)C)cc1. The minimum absolute atomic E-state index is 0.136. The van der Waals surface area contributed by atoms with Crippen molar-refractivity contribution in [2.24, 2.45) is 5.92 Å². The second-order valence-electron chi connectivity index (χ2n) is 7.72. The molecular formula is C19H28N2O3S. The Kier molecular flexibility index (Phi) is 5.21. The summed E-state index contributed by atoms with van der Waals surface area (Å²) in [6.07, 6.45) is 0.943. The van der Waals surface area contributed by atoms with Gasteiger partial charge in [0.25, 0.3) is 0 Å². The molecule has 2 aliphatic rings. The fraction of sp³-hybridized carbons (Fsp3) is 0.632. The summed E-state index contributed by atoms with van der Waals surface area (Å²) in [4.78, 5) is 17.1. The van der Waals surface area contributed by atoms with Crippen molar-refractivity contribution in [3.05, 3.63) is 35.4 Å². The van der Waals surface area contributed by atoms with Crippen LogP contribution in [0.5, 0.6) is 0 Å². The van der Waals surface area contributed by atoms with Crippen molar-refractivity contribution in [2.45, 2.75) is 31.7 Å². The van der Waals surface area contributed by atoms with E-state index in [9.17, 15) is 13.2 Å². The number of likely N-dealkylation sites (N-methyl/N-ethyl adjacent to an activating group) is 1. The van der Waals surface area contributed by atoms with E-state index < -0.39 is 9.84 Å². The Hall–Kier alpha value is -1.40. The van der Waals surface area contributed by atoms with Crippen molar-refractivity contribution in [2.75, 3.05) is 38.7 Å². The zero-order valence-electron chi connectivity index (χ0n) is 15.3. The second kappa shape index (κ2) is 7.08. The molecule has 1 amide bonds. The lowest BCUT2D eigenvalue weighted by Gasteiger charge is -2.27. The molecule has 0 unspecified atom stereocenters. The molecule has 0 N–H and O–H groups in total. The van der Waals surface area contributed by atoms with Crippen LogP contribution in [-0.2, 0) is 14.6 Å². The van der Waals surface area contributed by atoms with Gasteiger partial charge in [0, 0.05) is 31.0 Å². The summed E-state index contributed by atoms with van der Waals surface area (Å²) in [5.41, 5.74) is 2.50. The Bertz CT molecular complexity index is 714. The Morgan fingerprint density at radius 3 is 2.24 bits per heavy atom. The number of sulfone groups is 1. The molecule has 2 fully saturated rings. The number of benzene rings is 1. The van der Waals surface area contributed by atoms with Crippen molar-refractivity contribution >= 4 is 15.7 Å². The predicted octanol–water partition coefficient (Wildman–Crippen LogP) is 1.68. The van der Waals surface area contributed by atoms with E-state index in [1.165, 1.54) is 11.1 Å². The number of carbonyl (C=O) groups excluding carboxylic acids is 1. The quantitative estimate of drug-likeness (QED) is 0.819. The molecular weight excluding hydrogens is 336 g/mol. The van der Waals surface area contributed by atoms with Crippen LogP contribution in [0.2, 0.25) is 0 Å². The first kappa shape index (κ1) is 18.4. The zero-order chi connectivity index (χ0) is 18.2. The molecule has 0 radical (unpaired) electrons. The van der Waals surface area contributed by atoms with E-state index in [0.717, 1.165) is 0 Å². The maximum atomic E-state index is 12.9. The first-order valence-corrected chi connectivity index (χ1v) is 10.8. The van der Waals surface area contributed by atoms with E-state index in [0.29, 0.717) is 37.9 Å². The fourth-order valence-corrected chi connectivity index (χ4v) is 5.52. The summed E-state index contributed by atoms with van der Waals surface area (Å²) >= 11 is 0. The highest BCUT2D eigenvalue weighted by Crippen LogP contribution is 2.32. The maximum absolute atomic E-state index is 12.9. The van der Waals surface area contributed by atoms with Gasteiger partial charge >= 0.3 is 0 Å². The Morgan fingerprint density at radius 2 is 1.68 bits per heavy atom. The molecule has 25 heavy (non-hydrogen) atoms. The van der Waals surface area contributed by atoms with E-state index in [1.54, 1.807) is 0 Å². The lowest BCUT2D eigenvalue weighted by Crippen LogP contribution is -2.40. The van der Waals surface area contributed by atoms with Gasteiger partial charge in [0.2, 0.25) is 5.91 Å². The number of hydrogen-bond acceptors (Lipinski definition) is 4. The Balaban J connectivity index is 1.73. The summed E-state index contributed by atoms with van der Waals surface area (Å²) in [7, 11) is 1.19. The highest BCUT2D eigenvalue weighted by atomic mass is 32.2. The molecule has 0 aliphatic carbocycles. The van der Waals surface area contributed by atoms with Crippen molar-refractivity contribution in [3.63, 3.8) is 0 Å². The van der Waals surface area contributed by atoms with E-state index in [4.69, 9.17) is 0 Å². The van der Waals surface area contributed by atoms with Crippen molar-refractivity contribution in [1.29, 1.82) is 0 Å². The molecule has 138 valence electrons. The summed E-state index contributed by atoms with van der Waals surface area (Å²) in [5, 5.41) is 0. The van der Waals surface area contributed by atoms with E-state index in [2.05, 4.69) is 50.2 Å². The smallest absolute Gasteiger partial charge is 0.225 e. The maximum Gasteiger partial charge on any atom is 0.225 e. The highest BCUT2D eigenvalue weighted by molar-refractivity contribution is 7.91. The molecule has 2 aliphatic heterocycles. The molecule has 1 aromatic rings. The van der Waals surface area contributed by atoms with Gasteiger partial charge in [-0.15, -0.1) is 0 Å². The number of aryl methyl sites for hydroxylation is 1. The van der Waals surface area contributed by atoms with Gasteiger partial charge in [0.1, 0.15) is 9.84 Å². The van der Waals surface area contributed by atoms with Gasteiger partial charge < -0.3 is 9.80 Å².